The van der Waals surface area contributed by atoms with Gasteiger partial charge < -0.3 is 19.3 Å². The Labute approximate surface area is 183 Å². The summed E-state index contributed by atoms with van der Waals surface area (Å²) in [6.07, 6.45) is 6.40. The third-order valence-electron chi connectivity index (χ3n) is 5.95. The van der Waals surface area contributed by atoms with E-state index in [1.54, 1.807) is 20.4 Å². The number of methoxy groups -OCH3 is 2. The molecule has 7 heteroatoms. The number of anilines is 2. The number of carbonyl (C=O) groups is 1. The van der Waals surface area contributed by atoms with Crippen LogP contribution >= 0.6 is 0 Å². The molecular formula is C24H30N4O3. The quantitative estimate of drug-likeness (QED) is 0.545. The van der Waals surface area contributed by atoms with Gasteiger partial charge in [0.2, 0.25) is 0 Å². The number of nitrogens with one attached hydrogen (secondary N) is 1. The van der Waals surface area contributed by atoms with Gasteiger partial charge in [0, 0.05) is 49.1 Å². The standard InChI is InChI=1S/C24H30N4O3/c1-30-22-16-21(28-13-5-6-14-28)23(31-2)15-19(22)17-25-26-24(29)18-7-9-20(10-8-18)27-11-3-4-12-27/h7-10,15-17H,3-6,11-14H2,1-2H3,(H,26,29)/b25-17-. The largest absolute Gasteiger partial charge is 0.496 e. The van der Waals surface area contributed by atoms with Crippen LogP contribution in [0.25, 0.3) is 0 Å². The Morgan fingerprint density at radius 1 is 0.903 bits per heavy atom. The molecule has 2 aromatic rings. The molecule has 0 bridgehead atoms. The zero-order valence-electron chi connectivity index (χ0n) is 18.3. The van der Waals surface area contributed by atoms with Crippen LogP contribution in [0.3, 0.4) is 0 Å². The van der Waals surface area contributed by atoms with E-state index < -0.39 is 0 Å². The van der Waals surface area contributed by atoms with E-state index in [9.17, 15) is 4.79 Å². The minimum absolute atomic E-state index is 0.246. The third-order valence-corrected chi connectivity index (χ3v) is 5.95. The lowest BCUT2D eigenvalue weighted by Gasteiger charge is -2.22. The lowest BCUT2D eigenvalue weighted by atomic mass is 10.1. The molecule has 2 heterocycles. The molecule has 0 aliphatic carbocycles. The van der Waals surface area contributed by atoms with Crippen molar-refractivity contribution in [1.29, 1.82) is 0 Å². The zero-order valence-corrected chi connectivity index (χ0v) is 18.3. The summed E-state index contributed by atoms with van der Waals surface area (Å²) >= 11 is 0. The van der Waals surface area contributed by atoms with Gasteiger partial charge in [0.05, 0.1) is 26.1 Å². The number of ether oxygens (including phenoxy) is 2. The van der Waals surface area contributed by atoms with Gasteiger partial charge in [0.15, 0.2) is 0 Å². The van der Waals surface area contributed by atoms with E-state index in [4.69, 9.17) is 9.47 Å². The molecule has 0 atom stereocenters. The molecule has 31 heavy (non-hydrogen) atoms. The number of hydrogen-bond donors (Lipinski definition) is 1. The molecule has 2 aromatic carbocycles. The zero-order chi connectivity index (χ0) is 21.6. The summed E-state index contributed by atoms with van der Waals surface area (Å²) < 4.78 is 11.2. The van der Waals surface area contributed by atoms with Crippen LogP contribution in [0.4, 0.5) is 11.4 Å². The average molecular weight is 423 g/mol. The molecule has 2 fully saturated rings. The molecule has 0 spiro atoms. The molecule has 7 nitrogen and oxygen atoms in total. The SMILES string of the molecule is COc1cc(N2CCCC2)c(OC)cc1/C=N\NC(=O)c1ccc(N2CCCC2)cc1. The first-order valence-electron chi connectivity index (χ1n) is 10.9. The van der Waals surface area contributed by atoms with Crippen molar-refractivity contribution < 1.29 is 14.3 Å². The van der Waals surface area contributed by atoms with Gasteiger partial charge in [-0.15, -0.1) is 0 Å². The van der Waals surface area contributed by atoms with E-state index >= 15 is 0 Å². The number of amides is 1. The summed E-state index contributed by atoms with van der Waals surface area (Å²) in [4.78, 5) is 17.1. The van der Waals surface area contributed by atoms with Crippen LogP contribution in [-0.4, -0.2) is 52.5 Å². The Morgan fingerprint density at radius 2 is 1.52 bits per heavy atom. The second kappa shape index (κ2) is 9.73. The summed E-state index contributed by atoms with van der Waals surface area (Å²) in [6.45, 7) is 4.19. The van der Waals surface area contributed by atoms with Crippen LogP contribution in [0.1, 0.15) is 41.6 Å². The minimum Gasteiger partial charge on any atom is -0.496 e. The van der Waals surface area contributed by atoms with Crippen LogP contribution in [0.2, 0.25) is 0 Å². The van der Waals surface area contributed by atoms with Crippen molar-refractivity contribution in [2.24, 2.45) is 5.10 Å². The van der Waals surface area contributed by atoms with Crippen LogP contribution < -0.4 is 24.7 Å². The molecule has 0 unspecified atom stereocenters. The predicted molar refractivity (Wildman–Crippen MR) is 124 cm³/mol. The molecule has 2 aliphatic rings. The first-order chi connectivity index (χ1) is 15.2. The highest BCUT2D eigenvalue weighted by atomic mass is 16.5. The summed E-state index contributed by atoms with van der Waals surface area (Å²) in [5.74, 6) is 1.22. The lowest BCUT2D eigenvalue weighted by Crippen LogP contribution is -2.20. The normalized spacial score (nSPS) is 16.2. The Kier molecular flexibility index (Phi) is 6.60. The monoisotopic (exact) mass is 422 g/mol. The van der Waals surface area contributed by atoms with E-state index in [1.165, 1.54) is 25.7 Å². The molecule has 0 saturated carbocycles. The number of benzene rings is 2. The van der Waals surface area contributed by atoms with E-state index in [0.717, 1.165) is 48.9 Å². The summed E-state index contributed by atoms with van der Waals surface area (Å²) in [5, 5.41) is 4.14. The molecule has 2 saturated heterocycles. The number of nitrogens with zero attached hydrogens (tertiary/aromatic N) is 3. The fourth-order valence-corrected chi connectivity index (χ4v) is 4.24. The van der Waals surface area contributed by atoms with Gasteiger partial charge in [-0.2, -0.15) is 5.10 Å². The maximum atomic E-state index is 12.5. The Morgan fingerprint density at radius 3 is 2.13 bits per heavy atom. The van der Waals surface area contributed by atoms with Crippen molar-refractivity contribution in [3.05, 3.63) is 47.5 Å². The van der Waals surface area contributed by atoms with Crippen molar-refractivity contribution in [2.75, 3.05) is 50.2 Å². The predicted octanol–water partition coefficient (Wildman–Crippen LogP) is 3.67. The third kappa shape index (κ3) is 4.76. The first kappa shape index (κ1) is 21.0. The van der Waals surface area contributed by atoms with Crippen molar-refractivity contribution in [3.63, 3.8) is 0 Å². The van der Waals surface area contributed by atoms with Gasteiger partial charge in [0.25, 0.3) is 5.91 Å². The highest BCUT2D eigenvalue weighted by Gasteiger charge is 2.19. The van der Waals surface area contributed by atoms with Gasteiger partial charge in [-0.25, -0.2) is 5.43 Å². The van der Waals surface area contributed by atoms with Crippen molar-refractivity contribution in [2.45, 2.75) is 25.7 Å². The molecule has 164 valence electrons. The molecule has 4 rings (SSSR count). The smallest absolute Gasteiger partial charge is 0.271 e. The van der Waals surface area contributed by atoms with E-state index in [1.807, 2.05) is 36.4 Å². The number of rotatable bonds is 7. The Bertz CT molecular complexity index is 931. The van der Waals surface area contributed by atoms with Gasteiger partial charge in [-0.1, -0.05) is 0 Å². The average Bonchev–Trinajstić information content (AvgIpc) is 3.53. The fraction of sp³-hybridized carbons (Fsp3) is 0.417. The topological polar surface area (TPSA) is 66.4 Å². The van der Waals surface area contributed by atoms with Crippen molar-refractivity contribution >= 4 is 23.5 Å². The van der Waals surface area contributed by atoms with E-state index in [-0.39, 0.29) is 5.91 Å². The molecule has 2 aliphatic heterocycles. The van der Waals surface area contributed by atoms with Gasteiger partial charge in [-0.3, -0.25) is 4.79 Å². The van der Waals surface area contributed by atoms with Crippen LogP contribution in [0.15, 0.2) is 41.5 Å². The Balaban J connectivity index is 1.44. The van der Waals surface area contributed by atoms with Gasteiger partial charge >= 0.3 is 0 Å². The van der Waals surface area contributed by atoms with Crippen molar-refractivity contribution in [1.82, 2.24) is 5.43 Å². The second-order valence-corrected chi connectivity index (χ2v) is 7.90. The van der Waals surface area contributed by atoms with E-state index in [2.05, 4.69) is 20.3 Å². The van der Waals surface area contributed by atoms with Gasteiger partial charge in [0.1, 0.15) is 11.5 Å². The van der Waals surface area contributed by atoms with Gasteiger partial charge in [-0.05, 0) is 56.0 Å². The maximum Gasteiger partial charge on any atom is 0.271 e. The first-order valence-corrected chi connectivity index (χ1v) is 10.9. The van der Waals surface area contributed by atoms with Crippen LogP contribution in [0.5, 0.6) is 11.5 Å². The summed E-state index contributed by atoms with van der Waals surface area (Å²) in [7, 11) is 3.29. The second-order valence-electron chi connectivity index (χ2n) is 7.90. The number of hydrogen-bond acceptors (Lipinski definition) is 6. The number of hydrazone groups is 1. The maximum absolute atomic E-state index is 12.5. The molecule has 0 radical (unpaired) electrons. The van der Waals surface area contributed by atoms with Crippen molar-refractivity contribution in [3.8, 4) is 11.5 Å². The highest BCUT2D eigenvalue weighted by molar-refractivity contribution is 5.95. The summed E-state index contributed by atoms with van der Waals surface area (Å²) in [6, 6.07) is 11.5. The molecule has 1 amide bonds. The Hall–Kier alpha value is -3.22. The number of carbonyl (C=O) groups excluding carboxylic acids is 1. The summed E-state index contributed by atoms with van der Waals surface area (Å²) in [5.41, 5.74) is 6.11. The minimum atomic E-state index is -0.246. The fourth-order valence-electron chi connectivity index (χ4n) is 4.24. The molecular weight excluding hydrogens is 392 g/mol. The highest BCUT2D eigenvalue weighted by Crippen LogP contribution is 2.36. The van der Waals surface area contributed by atoms with E-state index in [0.29, 0.717) is 11.3 Å². The lowest BCUT2D eigenvalue weighted by molar-refractivity contribution is 0.0955. The van der Waals surface area contributed by atoms with Crippen LogP contribution in [-0.2, 0) is 0 Å². The molecule has 0 aromatic heterocycles. The van der Waals surface area contributed by atoms with Crippen LogP contribution in [0, 0.1) is 0 Å². The molecule has 1 N–H and O–H groups in total.